The molecule has 0 bridgehead atoms. The maximum absolute atomic E-state index is 10.3. The number of nitriles is 1. The molecule has 0 N–H and O–H groups in total. The number of allylic oxidation sites excluding steroid dienone is 2. The average molecular weight is 541 g/mol. The highest BCUT2D eigenvalue weighted by Crippen LogP contribution is 2.42. The van der Waals surface area contributed by atoms with Crippen LogP contribution in [0.1, 0.15) is 16.9 Å². The van der Waals surface area contributed by atoms with E-state index in [0.717, 1.165) is 72.1 Å². The highest BCUT2D eigenvalue weighted by molar-refractivity contribution is 6.15. The van der Waals surface area contributed by atoms with E-state index in [1.54, 1.807) is 6.08 Å². The van der Waals surface area contributed by atoms with Gasteiger partial charge in [-0.2, -0.15) is 5.26 Å². The lowest BCUT2D eigenvalue weighted by atomic mass is 9.96. The Balaban J connectivity index is 1.40. The van der Waals surface area contributed by atoms with E-state index in [1.165, 1.54) is 10.8 Å². The van der Waals surface area contributed by atoms with E-state index in [-0.39, 0.29) is 0 Å². The van der Waals surface area contributed by atoms with Gasteiger partial charge in [0.25, 0.3) is 0 Å². The van der Waals surface area contributed by atoms with Gasteiger partial charge < -0.3 is 13.4 Å². The molecule has 3 heterocycles. The van der Waals surface area contributed by atoms with Crippen LogP contribution in [0.2, 0.25) is 0 Å². The van der Waals surface area contributed by atoms with Gasteiger partial charge in [-0.15, -0.1) is 0 Å². The number of aryl methyl sites for hydroxylation is 1. The Morgan fingerprint density at radius 2 is 1.45 bits per heavy atom. The molecule has 0 saturated carbocycles. The van der Waals surface area contributed by atoms with Crippen LogP contribution in [-0.4, -0.2) is 4.57 Å². The van der Waals surface area contributed by atoms with Crippen molar-refractivity contribution < 1.29 is 8.83 Å². The van der Waals surface area contributed by atoms with Gasteiger partial charge in [-0.3, -0.25) is 0 Å². The molecule has 0 aliphatic rings. The van der Waals surface area contributed by atoms with Gasteiger partial charge in [0.2, 0.25) is 0 Å². The summed E-state index contributed by atoms with van der Waals surface area (Å²) < 4.78 is 14.9. The van der Waals surface area contributed by atoms with Gasteiger partial charge in [-0.25, -0.2) is 0 Å². The first kappa shape index (κ1) is 24.0. The molecule has 0 amide bonds. The van der Waals surface area contributed by atoms with Crippen LogP contribution in [0.5, 0.6) is 0 Å². The zero-order valence-corrected chi connectivity index (χ0v) is 22.9. The topological polar surface area (TPSA) is 55.0 Å². The molecule has 42 heavy (non-hydrogen) atoms. The van der Waals surface area contributed by atoms with Gasteiger partial charge >= 0.3 is 0 Å². The summed E-state index contributed by atoms with van der Waals surface area (Å²) >= 11 is 0. The van der Waals surface area contributed by atoms with Crippen LogP contribution in [0.25, 0.3) is 77.6 Å². The van der Waals surface area contributed by atoms with Crippen LogP contribution >= 0.6 is 0 Å². The first-order valence-electron chi connectivity index (χ1n) is 13.9. The second kappa shape index (κ2) is 9.12. The summed E-state index contributed by atoms with van der Waals surface area (Å²) in [7, 11) is 0. The van der Waals surface area contributed by atoms with Crippen LogP contribution < -0.4 is 0 Å². The van der Waals surface area contributed by atoms with Crippen molar-refractivity contribution in [2.45, 2.75) is 6.92 Å². The third-order valence-corrected chi connectivity index (χ3v) is 8.24. The predicted octanol–water partition coefficient (Wildman–Crippen LogP) is 10.5. The molecule has 8 aromatic rings. The summed E-state index contributed by atoms with van der Waals surface area (Å²) in [6.07, 6.45) is 5.52. The van der Waals surface area contributed by atoms with Crippen molar-refractivity contribution in [1.82, 2.24) is 4.57 Å². The fraction of sp³-hybridized carbons (Fsp3) is 0.0263. The molecule has 8 rings (SSSR count). The Bertz CT molecular complexity index is 2400. The van der Waals surface area contributed by atoms with Gasteiger partial charge in [0.05, 0.1) is 28.4 Å². The Kier molecular flexibility index (Phi) is 5.22. The van der Waals surface area contributed by atoms with Crippen molar-refractivity contribution in [3.05, 3.63) is 133 Å². The Hall–Kier alpha value is -5.79. The number of hydrogen-bond donors (Lipinski definition) is 0. The summed E-state index contributed by atoms with van der Waals surface area (Å²) in [4.78, 5) is 0. The largest absolute Gasteiger partial charge is 0.452 e. The molecular formula is C38H24N2O2. The molecule has 0 aliphatic heterocycles. The molecule has 5 aromatic carbocycles. The summed E-state index contributed by atoms with van der Waals surface area (Å²) in [6, 6.07) is 35.6. The lowest BCUT2D eigenvalue weighted by Gasteiger charge is -2.15. The second-order valence-corrected chi connectivity index (χ2v) is 10.5. The standard InChI is InChI=1S/C38H24N2O2/c1-3-4-16-34-23(2)26-18-19-29-30-21-24(17-20-35(30)42-38(29)37(26)41-34)36-25(22-39)10-9-15-33(36)40-31-13-7-5-11-27(31)28-12-6-8-14-32(28)40/h3-21H,1H2,2H3/b16-4-. The number of benzene rings is 5. The fourth-order valence-electron chi connectivity index (χ4n) is 6.31. The third-order valence-electron chi connectivity index (χ3n) is 8.24. The monoisotopic (exact) mass is 540 g/mol. The zero-order chi connectivity index (χ0) is 28.4. The third kappa shape index (κ3) is 3.34. The Morgan fingerprint density at radius 3 is 2.19 bits per heavy atom. The van der Waals surface area contributed by atoms with Gasteiger partial charge in [-0.05, 0) is 67.1 Å². The molecule has 0 radical (unpaired) electrons. The summed E-state index contributed by atoms with van der Waals surface area (Å²) in [5.41, 5.74) is 8.89. The smallest absolute Gasteiger partial charge is 0.178 e. The Morgan fingerprint density at radius 1 is 0.738 bits per heavy atom. The van der Waals surface area contributed by atoms with Crippen molar-refractivity contribution in [3.8, 4) is 22.9 Å². The quantitative estimate of drug-likeness (QED) is 0.209. The number of nitrogens with zero attached hydrogens (tertiary/aromatic N) is 2. The lowest BCUT2D eigenvalue weighted by molar-refractivity contribution is 0.588. The summed E-state index contributed by atoms with van der Waals surface area (Å²) in [5, 5.41) is 15.6. The van der Waals surface area contributed by atoms with E-state index < -0.39 is 0 Å². The van der Waals surface area contributed by atoms with E-state index in [0.29, 0.717) is 5.56 Å². The van der Waals surface area contributed by atoms with Gasteiger partial charge in [0.15, 0.2) is 11.2 Å². The van der Waals surface area contributed by atoms with Crippen molar-refractivity contribution >= 4 is 60.8 Å². The van der Waals surface area contributed by atoms with E-state index in [9.17, 15) is 5.26 Å². The molecule has 0 aliphatic carbocycles. The van der Waals surface area contributed by atoms with Crippen molar-refractivity contribution in [1.29, 1.82) is 5.26 Å². The summed E-state index contributed by atoms with van der Waals surface area (Å²) in [6.45, 7) is 5.82. The Labute approximate surface area is 241 Å². The maximum Gasteiger partial charge on any atom is 0.178 e. The molecule has 0 atom stereocenters. The fourth-order valence-corrected chi connectivity index (χ4v) is 6.31. The first-order valence-corrected chi connectivity index (χ1v) is 13.9. The normalized spacial score (nSPS) is 11.9. The van der Waals surface area contributed by atoms with E-state index in [1.807, 2.05) is 36.4 Å². The minimum atomic E-state index is 0.615. The van der Waals surface area contributed by atoms with Gasteiger partial charge in [0.1, 0.15) is 11.3 Å². The minimum absolute atomic E-state index is 0.615. The number of para-hydroxylation sites is 2. The maximum atomic E-state index is 10.3. The van der Waals surface area contributed by atoms with Gasteiger partial charge in [0, 0.05) is 38.1 Å². The highest BCUT2D eigenvalue weighted by atomic mass is 16.4. The molecule has 198 valence electrons. The second-order valence-electron chi connectivity index (χ2n) is 10.5. The molecule has 3 aromatic heterocycles. The minimum Gasteiger partial charge on any atom is -0.452 e. The van der Waals surface area contributed by atoms with Crippen LogP contribution in [-0.2, 0) is 0 Å². The van der Waals surface area contributed by atoms with Crippen LogP contribution in [0.15, 0.2) is 125 Å². The SMILES string of the molecule is C=C/C=C\c1oc2c(ccc3c4cc(-c5c(C#N)cccc5-n5c6ccccc6c6ccccc65)ccc4oc32)c1C. The van der Waals surface area contributed by atoms with Crippen LogP contribution in [0, 0.1) is 18.3 Å². The first-order chi connectivity index (χ1) is 20.7. The molecular weight excluding hydrogens is 516 g/mol. The zero-order valence-electron chi connectivity index (χ0n) is 22.9. The molecule has 0 fully saturated rings. The average Bonchev–Trinajstić information content (AvgIpc) is 3.68. The molecule has 0 unspecified atom stereocenters. The number of furan rings is 2. The molecule has 0 spiro atoms. The van der Waals surface area contributed by atoms with Gasteiger partial charge in [-0.1, -0.05) is 67.3 Å². The predicted molar refractivity (Wildman–Crippen MR) is 172 cm³/mol. The van der Waals surface area contributed by atoms with Crippen molar-refractivity contribution in [2.24, 2.45) is 0 Å². The number of hydrogen-bond acceptors (Lipinski definition) is 3. The number of rotatable bonds is 4. The van der Waals surface area contributed by atoms with Crippen LogP contribution in [0.4, 0.5) is 0 Å². The van der Waals surface area contributed by atoms with Crippen LogP contribution in [0.3, 0.4) is 0 Å². The number of fused-ring (bicyclic) bond motifs is 8. The van der Waals surface area contributed by atoms with E-state index in [2.05, 4.69) is 96.9 Å². The van der Waals surface area contributed by atoms with Crippen molar-refractivity contribution in [2.75, 3.05) is 0 Å². The van der Waals surface area contributed by atoms with E-state index >= 15 is 0 Å². The number of aromatic nitrogens is 1. The molecule has 4 nitrogen and oxygen atoms in total. The summed E-state index contributed by atoms with van der Waals surface area (Å²) in [5.74, 6) is 0.789. The lowest BCUT2D eigenvalue weighted by Crippen LogP contribution is -1.99. The molecule has 0 saturated heterocycles. The van der Waals surface area contributed by atoms with E-state index in [4.69, 9.17) is 8.83 Å². The van der Waals surface area contributed by atoms with Crippen molar-refractivity contribution in [3.63, 3.8) is 0 Å². The highest BCUT2D eigenvalue weighted by Gasteiger charge is 2.20. The molecule has 4 heteroatoms.